The first-order chi connectivity index (χ1) is 10.2. The molecule has 3 rings (SSSR count). The van der Waals surface area contributed by atoms with Crippen molar-refractivity contribution in [3.05, 3.63) is 0 Å². The Morgan fingerprint density at radius 3 is 2.90 bits per heavy atom. The van der Waals surface area contributed by atoms with Crippen molar-refractivity contribution in [2.24, 2.45) is 0 Å². The van der Waals surface area contributed by atoms with E-state index in [1.807, 2.05) is 0 Å². The van der Waals surface area contributed by atoms with E-state index in [-0.39, 0.29) is 30.1 Å². The van der Waals surface area contributed by atoms with E-state index in [9.17, 15) is 9.59 Å². The Kier molecular flexibility index (Phi) is 4.33. The van der Waals surface area contributed by atoms with Crippen molar-refractivity contribution in [2.45, 2.75) is 56.6 Å². The number of urea groups is 1. The van der Waals surface area contributed by atoms with Gasteiger partial charge in [0.2, 0.25) is 5.91 Å². The van der Waals surface area contributed by atoms with Crippen molar-refractivity contribution in [1.82, 2.24) is 15.5 Å². The number of amides is 3. The van der Waals surface area contributed by atoms with E-state index in [2.05, 4.69) is 10.6 Å². The molecule has 0 aromatic heterocycles. The van der Waals surface area contributed by atoms with Crippen LogP contribution in [0.5, 0.6) is 0 Å². The summed E-state index contributed by atoms with van der Waals surface area (Å²) in [6, 6.07) is 0.0667. The number of nitrogens with one attached hydrogen (secondary N) is 2. The highest BCUT2D eigenvalue weighted by Crippen LogP contribution is 2.38. The molecule has 2 N–H and O–H groups in total. The van der Waals surface area contributed by atoms with Crippen molar-refractivity contribution in [3.8, 4) is 0 Å². The van der Waals surface area contributed by atoms with Gasteiger partial charge in [0.25, 0.3) is 0 Å². The second kappa shape index (κ2) is 6.22. The molecule has 21 heavy (non-hydrogen) atoms. The Bertz CT molecular complexity index is 401. The standard InChI is InChI=1S/C15H25N3O3/c19-13-11-18(8-7-16-13)14(20)17-12-4-9-21-15(10-12)5-2-1-3-6-15/h12H,1-11H2,(H,16,19)(H,17,20). The molecule has 0 aromatic carbocycles. The summed E-state index contributed by atoms with van der Waals surface area (Å²) in [7, 11) is 0. The van der Waals surface area contributed by atoms with Crippen molar-refractivity contribution >= 4 is 11.9 Å². The van der Waals surface area contributed by atoms with Crippen LogP contribution < -0.4 is 10.6 Å². The lowest BCUT2D eigenvalue weighted by molar-refractivity contribution is -0.123. The highest BCUT2D eigenvalue weighted by atomic mass is 16.5. The predicted molar refractivity (Wildman–Crippen MR) is 77.9 cm³/mol. The van der Waals surface area contributed by atoms with Gasteiger partial charge in [0.05, 0.1) is 5.60 Å². The van der Waals surface area contributed by atoms with Gasteiger partial charge < -0.3 is 20.3 Å². The maximum absolute atomic E-state index is 12.3. The Hall–Kier alpha value is -1.30. The predicted octanol–water partition coefficient (Wildman–Crippen LogP) is 1.01. The summed E-state index contributed by atoms with van der Waals surface area (Å²) in [4.78, 5) is 25.2. The second-order valence-electron chi connectivity index (χ2n) is 6.50. The van der Waals surface area contributed by atoms with Gasteiger partial charge in [0.15, 0.2) is 0 Å². The molecule has 3 aliphatic rings. The molecule has 2 aliphatic heterocycles. The van der Waals surface area contributed by atoms with E-state index < -0.39 is 0 Å². The number of nitrogens with zero attached hydrogens (tertiary/aromatic N) is 1. The van der Waals surface area contributed by atoms with Crippen LogP contribution in [-0.2, 0) is 9.53 Å². The molecule has 1 aliphatic carbocycles. The average Bonchev–Trinajstić information content (AvgIpc) is 2.48. The number of piperazine rings is 1. The summed E-state index contributed by atoms with van der Waals surface area (Å²) >= 11 is 0. The third kappa shape index (κ3) is 3.48. The summed E-state index contributed by atoms with van der Waals surface area (Å²) in [5, 5.41) is 5.84. The number of hydrogen-bond acceptors (Lipinski definition) is 3. The van der Waals surface area contributed by atoms with Crippen LogP contribution in [0.4, 0.5) is 4.79 Å². The molecule has 2 saturated heterocycles. The molecule has 0 aromatic rings. The van der Waals surface area contributed by atoms with Gasteiger partial charge >= 0.3 is 6.03 Å². The first kappa shape index (κ1) is 14.6. The van der Waals surface area contributed by atoms with Gasteiger partial charge in [0, 0.05) is 25.7 Å². The molecule has 1 atom stereocenters. The Morgan fingerprint density at radius 1 is 1.33 bits per heavy atom. The molecule has 118 valence electrons. The summed E-state index contributed by atoms with van der Waals surface area (Å²) in [5.74, 6) is -0.0767. The molecule has 3 amide bonds. The minimum absolute atomic E-state index is 0.00623. The van der Waals surface area contributed by atoms with E-state index >= 15 is 0 Å². The minimum atomic E-state index is -0.109. The molecule has 2 heterocycles. The van der Waals surface area contributed by atoms with Crippen LogP contribution in [0.25, 0.3) is 0 Å². The zero-order valence-electron chi connectivity index (χ0n) is 12.5. The van der Waals surface area contributed by atoms with Gasteiger partial charge in [0.1, 0.15) is 6.54 Å². The van der Waals surface area contributed by atoms with Gasteiger partial charge in [-0.1, -0.05) is 19.3 Å². The minimum Gasteiger partial charge on any atom is -0.375 e. The molecular formula is C15H25N3O3. The molecule has 1 spiro atoms. The van der Waals surface area contributed by atoms with Gasteiger partial charge in [-0.2, -0.15) is 0 Å². The molecule has 3 fully saturated rings. The lowest BCUT2D eigenvalue weighted by atomic mass is 9.78. The fourth-order valence-electron chi connectivity index (χ4n) is 3.77. The van der Waals surface area contributed by atoms with Crippen LogP contribution in [-0.4, -0.2) is 54.7 Å². The van der Waals surface area contributed by atoms with Gasteiger partial charge in [-0.05, 0) is 25.7 Å². The Morgan fingerprint density at radius 2 is 2.14 bits per heavy atom. The van der Waals surface area contributed by atoms with Gasteiger partial charge in [-0.15, -0.1) is 0 Å². The van der Waals surface area contributed by atoms with E-state index in [4.69, 9.17) is 4.74 Å². The fourth-order valence-corrected chi connectivity index (χ4v) is 3.77. The first-order valence-electron chi connectivity index (χ1n) is 8.13. The third-order valence-corrected chi connectivity index (χ3v) is 4.91. The molecule has 0 radical (unpaired) electrons. The normalized spacial score (nSPS) is 29.0. The molecule has 6 nitrogen and oxygen atoms in total. The van der Waals surface area contributed by atoms with Crippen molar-refractivity contribution in [3.63, 3.8) is 0 Å². The van der Waals surface area contributed by atoms with Crippen LogP contribution in [0, 0.1) is 0 Å². The van der Waals surface area contributed by atoms with Crippen molar-refractivity contribution in [1.29, 1.82) is 0 Å². The topological polar surface area (TPSA) is 70.7 Å². The number of rotatable bonds is 1. The first-order valence-corrected chi connectivity index (χ1v) is 8.13. The number of hydrogen-bond donors (Lipinski definition) is 2. The van der Waals surface area contributed by atoms with E-state index in [1.54, 1.807) is 4.90 Å². The average molecular weight is 295 g/mol. The molecule has 1 unspecified atom stereocenters. The number of carbonyl (C=O) groups is 2. The Labute approximate surface area is 125 Å². The zero-order valence-corrected chi connectivity index (χ0v) is 12.5. The maximum atomic E-state index is 12.3. The molecule has 1 saturated carbocycles. The fraction of sp³-hybridized carbons (Fsp3) is 0.867. The van der Waals surface area contributed by atoms with E-state index in [0.29, 0.717) is 13.1 Å². The van der Waals surface area contributed by atoms with Crippen LogP contribution in [0.15, 0.2) is 0 Å². The van der Waals surface area contributed by atoms with Crippen molar-refractivity contribution < 1.29 is 14.3 Å². The molecule has 0 bridgehead atoms. The Balaban J connectivity index is 1.54. The quantitative estimate of drug-likeness (QED) is 0.758. The highest BCUT2D eigenvalue weighted by molar-refractivity contribution is 5.85. The SMILES string of the molecule is O=C1CN(C(=O)NC2CCOC3(CCCCC3)C2)CCN1. The summed E-state index contributed by atoms with van der Waals surface area (Å²) < 4.78 is 6.05. The van der Waals surface area contributed by atoms with Crippen LogP contribution >= 0.6 is 0 Å². The van der Waals surface area contributed by atoms with Gasteiger partial charge in [-0.25, -0.2) is 4.79 Å². The van der Waals surface area contributed by atoms with Crippen LogP contribution in [0.3, 0.4) is 0 Å². The number of ether oxygens (including phenoxy) is 1. The highest BCUT2D eigenvalue weighted by Gasteiger charge is 2.39. The van der Waals surface area contributed by atoms with Crippen LogP contribution in [0.1, 0.15) is 44.9 Å². The summed E-state index contributed by atoms with van der Waals surface area (Å²) in [6.07, 6.45) is 7.77. The number of carbonyl (C=O) groups excluding carboxylic acids is 2. The monoisotopic (exact) mass is 295 g/mol. The van der Waals surface area contributed by atoms with E-state index in [1.165, 1.54) is 19.3 Å². The summed E-state index contributed by atoms with van der Waals surface area (Å²) in [6.45, 7) is 2.03. The molecule has 6 heteroatoms. The van der Waals surface area contributed by atoms with Crippen molar-refractivity contribution in [2.75, 3.05) is 26.2 Å². The second-order valence-corrected chi connectivity index (χ2v) is 6.50. The van der Waals surface area contributed by atoms with Crippen LogP contribution in [0.2, 0.25) is 0 Å². The van der Waals surface area contributed by atoms with Gasteiger partial charge in [-0.3, -0.25) is 4.79 Å². The largest absolute Gasteiger partial charge is 0.375 e. The van der Waals surface area contributed by atoms with E-state index in [0.717, 1.165) is 32.3 Å². The third-order valence-electron chi connectivity index (χ3n) is 4.91. The zero-order chi connectivity index (χ0) is 14.7. The smallest absolute Gasteiger partial charge is 0.318 e. The molecular weight excluding hydrogens is 270 g/mol. The summed E-state index contributed by atoms with van der Waals surface area (Å²) in [5.41, 5.74) is -0.00623. The lowest BCUT2D eigenvalue weighted by Gasteiger charge is -2.44. The maximum Gasteiger partial charge on any atom is 0.318 e. The lowest BCUT2D eigenvalue weighted by Crippen LogP contribution is -2.56.